The van der Waals surface area contributed by atoms with Crippen molar-refractivity contribution in [3.63, 3.8) is 0 Å². The lowest BCUT2D eigenvalue weighted by Gasteiger charge is -2.30. The third kappa shape index (κ3) is 5.87. The molecular weight excluding hydrogens is 529 g/mol. The number of rotatable bonds is 6. The van der Waals surface area contributed by atoms with Crippen molar-refractivity contribution in [3.8, 4) is 0 Å². The van der Waals surface area contributed by atoms with Gasteiger partial charge in [0.2, 0.25) is 0 Å². The van der Waals surface area contributed by atoms with E-state index in [0.717, 1.165) is 63.8 Å². The standard InChI is InChI=1S/C31H35F3N6O/c1-20-17-27(31(32,33)34)35-39(20)19-28(41)40-30(22-11-15-25(16-12-22)38(4)5)26-8-6-7-23(29(26)36-40)18-21-9-13-24(14-10-21)37(2)3/h9-18,26,30H,6-8,19H2,1-5H3/b23-18-/t26-,30-/m0/s1. The number of aromatic nitrogens is 2. The zero-order chi connectivity index (χ0) is 29.5. The number of nitrogens with zero attached hydrogens (tertiary/aromatic N) is 6. The molecule has 41 heavy (non-hydrogen) atoms. The third-order valence-electron chi connectivity index (χ3n) is 7.82. The molecule has 0 unspecified atom stereocenters. The maximum absolute atomic E-state index is 13.7. The molecule has 1 fully saturated rings. The number of hydrogen-bond acceptors (Lipinski definition) is 5. The number of hydrazone groups is 1. The van der Waals surface area contributed by atoms with Crippen molar-refractivity contribution < 1.29 is 18.0 Å². The van der Waals surface area contributed by atoms with Crippen LogP contribution >= 0.6 is 0 Å². The number of fused-ring (bicyclic) bond motifs is 1. The zero-order valence-corrected chi connectivity index (χ0v) is 24.0. The number of allylic oxidation sites excluding steroid dienone is 1. The number of aryl methyl sites for hydroxylation is 1. The van der Waals surface area contributed by atoms with Crippen LogP contribution in [0.3, 0.4) is 0 Å². The predicted octanol–water partition coefficient (Wildman–Crippen LogP) is 6.17. The van der Waals surface area contributed by atoms with Gasteiger partial charge in [-0.15, -0.1) is 0 Å². The molecule has 0 saturated heterocycles. The highest BCUT2D eigenvalue weighted by Crippen LogP contribution is 2.45. The van der Waals surface area contributed by atoms with Gasteiger partial charge in [-0.1, -0.05) is 24.3 Å². The zero-order valence-electron chi connectivity index (χ0n) is 24.0. The molecule has 0 bridgehead atoms. The highest BCUT2D eigenvalue weighted by Gasteiger charge is 2.44. The molecule has 5 rings (SSSR count). The first-order valence-electron chi connectivity index (χ1n) is 13.7. The van der Waals surface area contributed by atoms with Crippen LogP contribution in [0.15, 0.2) is 65.3 Å². The Kier molecular flexibility index (Phi) is 7.68. The van der Waals surface area contributed by atoms with Crippen LogP contribution in [0.5, 0.6) is 0 Å². The lowest BCUT2D eigenvalue weighted by atomic mass is 9.77. The third-order valence-corrected chi connectivity index (χ3v) is 7.82. The number of alkyl halides is 3. The topological polar surface area (TPSA) is 57.0 Å². The summed E-state index contributed by atoms with van der Waals surface area (Å²) in [6, 6.07) is 16.9. The van der Waals surface area contributed by atoms with E-state index in [1.54, 1.807) is 0 Å². The molecular formula is C31H35F3N6O. The maximum Gasteiger partial charge on any atom is 0.435 e. The molecule has 1 aromatic heterocycles. The van der Waals surface area contributed by atoms with Gasteiger partial charge < -0.3 is 9.80 Å². The quantitative estimate of drug-likeness (QED) is 0.360. The molecule has 2 aliphatic rings. The van der Waals surface area contributed by atoms with E-state index >= 15 is 0 Å². The van der Waals surface area contributed by atoms with E-state index in [2.05, 4.69) is 35.4 Å². The van der Waals surface area contributed by atoms with Gasteiger partial charge in [-0.25, -0.2) is 5.01 Å². The minimum absolute atomic E-state index is 0.0188. The second-order valence-corrected chi connectivity index (χ2v) is 11.1. The summed E-state index contributed by atoms with van der Waals surface area (Å²) in [4.78, 5) is 17.8. The summed E-state index contributed by atoms with van der Waals surface area (Å²) < 4.78 is 40.9. The minimum atomic E-state index is -4.58. The second-order valence-electron chi connectivity index (χ2n) is 11.1. The van der Waals surface area contributed by atoms with Crippen molar-refractivity contribution in [2.45, 2.75) is 44.9 Å². The first-order chi connectivity index (χ1) is 19.4. The minimum Gasteiger partial charge on any atom is -0.378 e. The highest BCUT2D eigenvalue weighted by atomic mass is 19.4. The molecule has 3 aromatic rings. The Balaban J connectivity index is 1.51. The Labute approximate surface area is 238 Å². The van der Waals surface area contributed by atoms with Gasteiger partial charge in [-0.05, 0) is 79.3 Å². The Morgan fingerprint density at radius 3 is 2.17 bits per heavy atom. The van der Waals surface area contributed by atoms with Gasteiger partial charge in [0.1, 0.15) is 6.54 Å². The Morgan fingerprint density at radius 2 is 1.61 bits per heavy atom. The summed E-state index contributed by atoms with van der Waals surface area (Å²) >= 11 is 0. The van der Waals surface area contributed by atoms with Crippen LogP contribution in [0.2, 0.25) is 0 Å². The summed E-state index contributed by atoms with van der Waals surface area (Å²) in [5.41, 5.74) is 5.34. The molecule has 216 valence electrons. The van der Waals surface area contributed by atoms with Crippen molar-refractivity contribution in [1.29, 1.82) is 0 Å². The summed E-state index contributed by atoms with van der Waals surface area (Å²) in [7, 11) is 7.93. The number of anilines is 2. The monoisotopic (exact) mass is 564 g/mol. The van der Waals surface area contributed by atoms with E-state index in [1.807, 2.05) is 62.3 Å². The lowest BCUT2D eigenvalue weighted by Crippen LogP contribution is -2.34. The van der Waals surface area contributed by atoms with Gasteiger partial charge in [-0.3, -0.25) is 9.48 Å². The summed E-state index contributed by atoms with van der Waals surface area (Å²) in [6.45, 7) is 1.19. The summed E-state index contributed by atoms with van der Waals surface area (Å²) in [5.74, 6) is -0.419. The van der Waals surface area contributed by atoms with Crippen molar-refractivity contribution in [2.24, 2.45) is 11.0 Å². The molecule has 1 saturated carbocycles. The van der Waals surface area contributed by atoms with Crippen LogP contribution in [0.25, 0.3) is 6.08 Å². The molecule has 7 nitrogen and oxygen atoms in total. The van der Waals surface area contributed by atoms with Gasteiger partial charge in [0.05, 0.1) is 11.8 Å². The number of carbonyl (C=O) groups is 1. The molecule has 2 heterocycles. The van der Waals surface area contributed by atoms with Crippen LogP contribution in [0.1, 0.15) is 47.8 Å². The van der Waals surface area contributed by atoms with Crippen LogP contribution in [0, 0.1) is 12.8 Å². The molecule has 1 aliphatic carbocycles. The highest BCUT2D eigenvalue weighted by molar-refractivity contribution is 6.08. The predicted molar refractivity (Wildman–Crippen MR) is 156 cm³/mol. The molecule has 0 radical (unpaired) electrons. The van der Waals surface area contributed by atoms with E-state index in [0.29, 0.717) is 0 Å². The van der Waals surface area contributed by atoms with Crippen molar-refractivity contribution in [1.82, 2.24) is 14.8 Å². The first kappa shape index (κ1) is 28.4. The van der Waals surface area contributed by atoms with Gasteiger partial charge in [0.15, 0.2) is 5.69 Å². The first-order valence-corrected chi connectivity index (χ1v) is 13.7. The number of amides is 1. The average molecular weight is 565 g/mol. The Hall–Kier alpha value is -4.08. The Bertz CT molecular complexity index is 1470. The van der Waals surface area contributed by atoms with Crippen LogP contribution in [-0.2, 0) is 17.5 Å². The van der Waals surface area contributed by atoms with E-state index in [9.17, 15) is 18.0 Å². The molecule has 2 atom stereocenters. The molecule has 2 aromatic carbocycles. The smallest absolute Gasteiger partial charge is 0.378 e. The second kappa shape index (κ2) is 11.1. The molecule has 0 spiro atoms. The summed E-state index contributed by atoms with van der Waals surface area (Å²) in [6.07, 6.45) is 0.207. The van der Waals surface area contributed by atoms with E-state index in [4.69, 9.17) is 5.10 Å². The normalized spacial score (nSPS) is 19.8. The largest absolute Gasteiger partial charge is 0.435 e. The number of hydrogen-bond donors (Lipinski definition) is 0. The Morgan fingerprint density at radius 1 is 1.00 bits per heavy atom. The van der Waals surface area contributed by atoms with Crippen LogP contribution < -0.4 is 9.80 Å². The number of halogens is 3. The maximum atomic E-state index is 13.7. The fourth-order valence-electron chi connectivity index (χ4n) is 5.59. The summed E-state index contributed by atoms with van der Waals surface area (Å²) in [5, 5.41) is 10.0. The van der Waals surface area contributed by atoms with Gasteiger partial charge in [0.25, 0.3) is 5.91 Å². The number of carbonyl (C=O) groups excluding carboxylic acids is 1. The van der Waals surface area contributed by atoms with Crippen LogP contribution in [0.4, 0.5) is 24.5 Å². The fourth-order valence-corrected chi connectivity index (χ4v) is 5.59. The number of benzene rings is 2. The lowest BCUT2D eigenvalue weighted by molar-refractivity contribution is -0.142. The molecule has 0 N–H and O–H groups in total. The van der Waals surface area contributed by atoms with E-state index < -0.39 is 17.8 Å². The van der Waals surface area contributed by atoms with Crippen molar-refractivity contribution in [3.05, 3.63) is 82.7 Å². The molecule has 1 aliphatic heterocycles. The van der Waals surface area contributed by atoms with Crippen LogP contribution in [-0.4, -0.2) is 54.6 Å². The van der Waals surface area contributed by atoms with Gasteiger partial charge in [0, 0.05) is 51.2 Å². The van der Waals surface area contributed by atoms with Crippen molar-refractivity contribution >= 4 is 29.1 Å². The SMILES string of the molecule is Cc1cc(C(F)(F)F)nn1CC(=O)N1N=C2/C(=C\c3ccc(N(C)C)cc3)CCC[C@@H]2[C@@H]1c1ccc(N(C)C)cc1. The van der Waals surface area contributed by atoms with Crippen molar-refractivity contribution in [2.75, 3.05) is 38.0 Å². The fraction of sp³-hybridized carbons (Fsp3) is 0.387. The average Bonchev–Trinajstić information content (AvgIpc) is 3.50. The van der Waals surface area contributed by atoms with E-state index in [-0.39, 0.29) is 24.2 Å². The van der Waals surface area contributed by atoms with Gasteiger partial charge in [-0.2, -0.15) is 23.4 Å². The molecule has 1 amide bonds. The molecule has 10 heteroatoms. The van der Waals surface area contributed by atoms with Gasteiger partial charge >= 0.3 is 6.18 Å². The van der Waals surface area contributed by atoms with E-state index in [1.165, 1.54) is 11.9 Å².